The number of hydrogen-bond donors (Lipinski definition) is 3. The number of aromatic nitrogens is 1. The monoisotopic (exact) mass is 444 g/mol. The molecule has 0 saturated heterocycles. The minimum atomic E-state index is -4.52. The third kappa shape index (κ3) is 5.54. The number of hydrogen-bond acceptors (Lipinski definition) is 5. The van der Waals surface area contributed by atoms with Crippen LogP contribution in [0.3, 0.4) is 0 Å². The fourth-order valence-electron chi connectivity index (χ4n) is 2.54. The Morgan fingerprint density at radius 2 is 2.07 bits per heavy atom. The quantitative estimate of drug-likeness (QED) is 0.606. The van der Waals surface area contributed by atoms with Crippen molar-refractivity contribution in [2.45, 2.75) is 17.5 Å². The predicted molar refractivity (Wildman–Crippen MR) is 105 cm³/mol. The highest BCUT2D eigenvalue weighted by molar-refractivity contribution is 7.99. The van der Waals surface area contributed by atoms with Gasteiger partial charge in [0.15, 0.2) is 0 Å². The molecule has 2 amide bonds. The highest BCUT2D eigenvalue weighted by Crippen LogP contribution is 2.33. The first kappa shape index (κ1) is 21.3. The molecule has 0 fully saturated rings. The van der Waals surface area contributed by atoms with E-state index >= 15 is 0 Å². The number of alkyl halides is 3. The van der Waals surface area contributed by atoms with E-state index in [0.29, 0.717) is 29.6 Å². The maximum atomic E-state index is 12.6. The molecule has 2 aromatic rings. The molecule has 29 heavy (non-hydrogen) atoms. The number of rotatable bonds is 5. The van der Waals surface area contributed by atoms with Crippen LogP contribution < -0.4 is 16.0 Å². The van der Waals surface area contributed by atoms with Crippen molar-refractivity contribution in [2.75, 3.05) is 29.5 Å². The van der Waals surface area contributed by atoms with Gasteiger partial charge in [0, 0.05) is 41.9 Å². The molecule has 3 N–H and O–H groups in total. The summed E-state index contributed by atoms with van der Waals surface area (Å²) in [6, 6.07) is 5.85. The summed E-state index contributed by atoms with van der Waals surface area (Å²) in [6.07, 6.45) is -3.42. The summed E-state index contributed by atoms with van der Waals surface area (Å²) in [5.74, 6) is 0.332. The number of nitrogens with one attached hydrogen (secondary N) is 3. The van der Waals surface area contributed by atoms with Crippen molar-refractivity contribution in [1.82, 2.24) is 10.3 Å². The van der Waals surface area contributed by atoms with E-state index in [1.54, 1.807) is 30.0 Å². The summed E-state index contributed by atoms with van der Waals surface area (Å²) in [6.45, 7) is 0.400. The molecule has 11 heteroatoms. The third-order valence-corrected chi connectivity index (χ3v) is 5.34. The molecule has 1 aromatic carbocycles. The zero-order valence-corrected chi connectivity index (χ0v) is 16.5. The van der Waals surface area contributed by atoms with E-state index in [1.165, 1.54) is 0 Å². The van der Waals surface area contributed by atoms with Crippen molar-refractivity contribution in [2.24, 2.45) is 0 Å². The van der Waals surface area contributed by atoms with Crippen LogP contribution in [0.5, 0.6) is 0 Å². The SMILES string of the molecule is O=C1CCSc2ccc(C(=O)NCCNc3ncc(C(F)(F)F)cc3Cl)cc2N1. The lowest BCUT2D eigenvalue weighted by Crippen LogP contribution is -2.29. The number of fused-ring (bicyclic) bond motifs is 1. The van der Waals surface area contributed by atoms with E-state index < -0.39 is 11.7 Å². The normalized spacial score (nSPS) is 13.9. The van der Waals surface area contributed by atoms with E-state index in [9.17, 15) is 22.8 Å². The summed E-state index contributed by atoms with van der Waals surface area (Å²) in [5, 5.41) is 8.07. The lowest BCUT2D eigenvalue weighted by atomic mass is 10.2. The van der Waals surface area contributed by atoms with Crippen LogP contribution in [0.4, 0.5) is 24.7 Å². The van der Waals surface area contributed by atoms with Crippen LogP contribution >= 0.6 is 23.4 Å². The van der Waals surface area contributed by atoms with Gasteiger partial charge in [0.05, 0.1) is 16.3 Å². The molecule has 6 nitrogen and oxygen atoms in total. The number of benzene rings is 1. The molecule has 3 rings (SSSR count). The first-order chi connectivity index (χ1) is 13.7. The van der Waals surface area contributed by atoms with Crippen LogP contribution in [0.1, 0.15) is 22.3 Å². The Morgan fingerprint density at radius 1 is 1.28 bits per heavy atom. The van der Waals surface area contributed by atoms with Gasteiger partial charge < -0.3 is 16.0 Å². The van der Waals surface area contributed by atoms with Gasteiger partial charge in [0.25, 0.3) is 5.91 Å². The van der Waals surface area contributed by atoms with Crippen LogP contribution in [-0.4, -0.2) is 35.6 Å². The smallest absolute Gasteiger partial charge is 0.367 e. The van der Waals surface area contributed by atoms with E-state index in [0.717, 1.165) is 11.0 Å². The topological polar surface area (TPSA) is 83.1 Å². The number of thioether (sulfide) groups is 1. The Kier molecular flexibility index (Phi) is 6.53. The summed E-state index contributed by atoms with van der Waals surface area (Å²) in [5.41, 5.74) is 0.0519. The van der Waals surface area contributed by atoms with Gasteiger partial charge in [-0.05, 0) is 24.3 Å². The fraction of sp³-hybridized carbons (Fsp3) is 0.278. The number of anilines is 2. The van der Waals surface area contributed by atoms with Gasteiger partial charge in [-0.25, -0.2) is 4.98 Å². The second kappa shape index (κ2) is 8.91. The van der Waals surface area contributed by atoms with E-state index in [2.05, 4.69) is 20.9 Å². The first-order valence-corrected chi connectivity index (χ1v) is 9.92. The van der Waals surface area contributed by atoms with Crippen molar-refractivity contribution >= 4 is 46.7 Å². The molecule has 1 aliphatic rings. The third-order valence-electron chi connectivity index (χ3n) is 3.97. The molecule has 0 saturated carbocycles. The molecule has 0 aliphatic carbocycles. The van der Waals surface area contributed by atoms with Crippen molar-refractivity contribution in [3.05, 3.63) is 46.6 Å². The standard InChI is InChI=1S/C18H16ClF3N4O2S/c19-12-8-11(18(20,21)22)9-25-16(12)23-4-5-24-17(28)10-1-2-14-13(7-10)26-15(27)3-6-29-14/h1-2,7-9H,3-6H2,(H,23,25)(H,24,28)(H,26,27). The molecule has 1 aliphatic heterocycles. The average Bonchev–Trinajstić information content (AvgIpc) is 2.85. The minimum absolute atomic E-state index is 0.0960. The number of amides is 2. The molecule has 0 atom stereocenters. The average molecular weight is 445 g/mol. The molecule has 0 bridgehead atoms. The molecule has 0 spiro atoms. The van der Waals surface area contributed by atoms with Gasteiger partial charge in [-0.2, -0.15) is 13.2 Å². The molecule has 0 unspecified atom stereocenters. The number of carbonyl (C=O) groups is 2. The van der Waals surface area contributed by atoms with Gasteiger partial charge in [-0.15, -0.1) is 11.8 Å². The lowest BCUT2D eigenvalue weighted by molar-refractivity contribution is -0.137. The zero-order valence-electron chi connectivity index (χ0n) is 14.9. The zero-order chi connectivity index (χ0) is 21.0. The Bertz CT molecular complexity index is 940. The van der Waals surface area contributed by atoms with Crippen LogP contribution in [-0.2, 0) is 11.0 Å². The number of nitrogens with zero attached hydrogens (tertiary/aromatic N) is 1. The van der Waals surface area contributed by atoms with Gasteiger partial charge in [0.2, 0.25) is 5.91 Å². The molecular weight excluding hydrogens is 429 g/mol. The van der Waals surface area contributed by atoms with Crippen LogP contribution in [0, 0.1) is 0 Å². The lowest BCUT2D eigenvalue weighted by Gasteiger charge is -2.12. The van der Waals surface area contributed by atoms with Gasteiger partial charge in [-0.3, -0.25) is 9.59 Å². The fourth-order valence-corrected chi connectivity index (χ4v) is 3.71. The Hall–Kier alpha value is -2.46. The maximum Gasteiger partial charge on any atom is 0.417 e. The van der Waals surface area contributed by atoms with Crippen LogP contribution in [0.25, 0.3) is 0 Å². The van der Waals surface area contributed by atoms with Gasteiger partial charge >= 0.3 is 6.18 Å². The second-order valence-corrected chi connectivity index (χ2v) is 7.64. The first-order valence-electron chi connectivity index (χ1n) is 8.55. The van der Waals surface area contributed by atoms with Crippen molar-refractivity contribution < 1.29 is 22.8 Å². The molecular formula is C18H16ClF3N4O2S. The Balaban J connectivity index is 1.54. The minimum Gasteiger partial charge on any atom is -0.367 e. The molecule has 0 radical (unpaired) electrons. The highest BCUT2D eigenvalue weighted by Gasteiger charge is 2.31. The van der Waals surface area contributed by atoms with Gasteiger partial charge in [0.1, 0.15) is 5.82 Å². The van der Waals surface area contributed by atoms with Crippen LogP contribution in [0.15, 0.2) is 35.4 Å². The number of carbonyl (C=O) groups excluding carboxylic acids is 2. The summed E-state index contributed by atoms with van der Waals surface area (Å²) in [7, 11) is 0. The Labute approximate surface area is 173 Å². The maximum absolute atomic E-state index is 12.6. The highest BCUT2D eigenvalue weighted by atomic mass is 35.5. The van der Waals surface area contributed by atoms with Gasteiger partial charge in [-0.1, -0.05) is 11.6 Å². The van der Waals surface area contributed by atoms with E-state index in [-0.39, 0.29) is 35.7 Å². The summed E-state index contributed by atoms with van der Waals surface area (Å²) >= 11 is 7.36. The largest absolute Gasteiger partial charge is 0.417 e. The summed E-state index contributed by atoms with van der Waals surface area (Å²) in [4.78, 5) is 28.5. The van der Waals surface area contributed by atoms with Crippen LogP contribution in [0.2, 0.25) is 5.02 Å². The van der Waals surface area contributed by atoms with Crippen molar-refractivity contribution in [1.29, 1.82) is 0 Å². The molecule has 2 heterocycles. The van der Waals surface area contributed by atoms with E-state index in [1.807, 2.05) is 0 Å². The summed E-state index contributed by atoms with van der Waals surface area (Å²) < 4.78 is 37.8. The van der Waals surface area contributed by atoms with E-state index in [4.69, 9.17) is 11.6 Å². The predicted octanol–water partition coefficient (Wildman–Crippen LogP) is 4.03. The van der Waals surface area contributed by atoms with Crippen molar-refractivity contribution in [3.63, 3.8) is 0 Å². The second-order valence-electron chi connectivity index (χ2n) is 6.09. The Morgan fingerprint density at radius 3 is 2.79 bits per heavy atom. The number of pyridine rings is 1. The molecule has 1 aromatic heterocycles. The molecule has 154 valence electrons. The number of halogens is 4. The van der Waals surface area contributed by atoms with Crippen molar-refractivity contribution in [3.8, 4) is 0 Å².